The molecular weight excluding hydrogens is 352 g/mol. The molecule has 0 amide bonds. The van der Waals surface area contributed by atoms with E-state index in [0.717, 1.165) is 35.2 Å². The number of hydrogen-bond donors (Lipinski definition) is 2. The van der Waals surface area contributed by atoms with Crippen molar-refractivity contribution in [3.8, 4) is 0 Å². The van der Waals surface area contributed by atoms with Gasteiger partial charge in [0.15, 0.2) is 5.11 Å². The summed E-state index contributed by atoms with van der Waals surface area (Å²) in [5.74, 6) is 0. The molecule has 130 valence electrons. The summed E-state index contributed by atoms with van der Waals surface area (Å²) in [4.78, 5) is 9.69. The highest BCUT2D eigenvalue weighted by Crippen LogP contribution is 2.26. The summed E-state index contributed by atoms with van der Waals surface area (Å²) in [6, 6.07) is 10.00. The van der Waals surface area contributed by atoms with E-state index in [4.69, 9.17) is 23.8 Å². The zero-order valence-electron chi connectivity index (χ0n) is 14.3. The Kier molecular flexibility index (Phi) is 5.56. The number of pyridine rings is 1. The maximum atomic E-state index is 6.18. The van der Waals surface area contributed by atoms with Gasteiger partial charge in [0.1, 0.15) is 0 Å². The van der Waals surface area contributed by atoms with Crippen LogP contribution in [-0.4, -0.2) is 33.6 Å². The van der Waals surface area contributed by atoms with Crippen molar-refractivity contribution in [1.29, 1.82) is 0 Å². The number of fused-ring (bicyclic) bond motifs is 1. The van der Waals surface area contributed by atoms with Crippen LogP contribution in [0, 0.1) is 6.92 Å². The molecule has 0 aliphatic carbocycles. The molecule has 1 aromatic carbocycles. The van der Waals surface area contributed by atoms with E-state index >= 15 is 0 Å². The molecule has 3 aromatic rings. The zero-order chi connectivity index (χ0) is 17.8. The first kappa shape index (κ1) is 17.7. The van der Waals surface area contributed by atoms with Crippen LogP contribution in [0.2, 0.25) is 5.02 Å². The number of aryl methyl sites for hydroxylation is 1. The van der Waals surface area contributed by atoms with Crippen LogP contribution in [0.1, 0.15) is 16.8 Å². The number of thiocarbonyl (C=S) groups is 1. The number of halogens is 1. The molecule has 0 spiro atoms. The molecular formula is C19H21ClN4S. The van der Waals surface area contributed by atoms with E-state index < -0.39 is 0 Å². The van der Waals surface area contributed by atoms with Gasteiger partial charge >= 0.3 is 0 Å². The highest BCUT2D eigenvalue weighted by atomic mass is 35.5. The van der Waals surface area contributed by atoms with Gasteiger partial charge in [-0.2, -0.15) is 0 Å². The molecule has 0 bridgehead atoms. The summed E-state index contributed by atoms with van der Waals surface area (Å²) in [7, 11) is 1.86. The Labute approximate surface area is 158 Å². The molecule has 0 saturated heterocycles. The van der Waals surface area contributed by atoms with Gasteiger partial charge in [-0.15, -0.1) is 0 Å². The van der Waals surface area contributed by atoms with Gasteiger partial charge in [-0.25, -0.2) is 0 Å². The lowest BCUT2D eigenvalue weighted by Gasteiger charge is -2.25. The molecule has 0 atom stereocenters. The number of nitrogens with zero attached hydrogens (tertiary/aromatic N) is 2. The number of aromatic nitrogens is 2. The molecule has 6 heteroatoms. The van der Waals surface area contributed by atoms with Crippen molar-refractivity contribution in [2.45, 2.75) is 19.9 Å². The first-order valence-corrected chi connectivity index (χ1v) is 8.99. The molecule has 0 fully saturated rings. The standard InChI is InChI=1S/C19H21ClN4S/c1-13-16(17-11-15(20)3-4-18(17)23-13)7-10-24(19(25)21-2)12-14-5-8-22-9-6-14/h3-6,8-9,11,23H,7,10,12H2,1-2H3,(H,21,25). The number of aromatic amines is 1. The largest absolute Gasteiger partial charge is 0.366 e. The van der Waals surface area contributed by atoms with Gasteiger partial charge in [-0.05, 0) is 67.0 Å². The molecule has 0 unspecified atom stereocenters. The zero-order valence-corrected chi connectivity index (χ0v) is 15.9. The average Bonchev–Trinajstić information content (AvgIpc) is 2.93. The topological polar surface area (TPSA) is 44.0 Å². The summed E-state index contributed by atoms with van der Waals surface area (Å²) in [6.07, 6.45) is 4.50. The van der Waals surface area contributed by atoms with Gasteiger partial charge in [0, 0.05) is 54.2 Å². The van der Waals surface area contributed by atoms with E-state index in [9.17, 15) is 0 Å². The first-order chi connectivity index (χ1) is 12.1. The van der Waals surface area contributed by atoms with Gasteiger partial charge in [0.25, 0.3) is 0 Å². The van der Waals surface area contributed by atoms with Crippen molar-refractivity contribution in [3.63, 3.8) is 0 Å². The van der Waals surface area contributed by atoms with Crippen molar-refractivity contribution in [1.82, 2.24) is 20.2 Å². The summed E-state index contributed by atoms with van der Waals surface area (Å²) in [5, 5.41) is 5.77. The van der Waals surface area contributed by atoms with Crippen molar-refractivity contribution in [2.24, 2.45) is 0 Å². The molecule has 3 rings (SSSR count). The van der Waals surface area contributed by atoms with E-state index in [0.29, 0.717) is 0 Å². The Bertz CT molecular complexity index is 876. The lowest BCUT2D eigenvalue weighted by atomic mass is 10.1. The molecule has 0 aliphatic heterocycles. The number of hydrogen-bond acceptors (Lipinski definition) is 2. The van der Waals surface area contributed by atoms with E-state index in [1.807, 2.05) is 49.8 Å². The van der Waals surface area contributed by atoms with Crippen LogP contribution in [0.15, 0.2) is 42.7 Å². The quantitative estimate of drug-likeness (QED) is 0.662. The maximum absolute atomic E-state index is 6.18. The van der Waals surface area contributed by atoms with Crippen LogP contribution >= 0.6 is 23.8 Å². The molecule has 25 heavy (non-hydrogen) atoms. The van der Waals surface area contributed by atoms with Crippen molar-refractivity contribution in [2.75, 3.05) is 13.6 Å². The van der Waals surface area contributed by atoms with Gasteiger partial charge in [-0.1, -0.05) is 11.6 Å². The lowest BCUT2D eigenvalue weighted by Crippen LogP contribution is -2.38. The number of rotatable bonds is 5. The summed E-state index contributed by atoms with van der Waals surface area (Å²) >= 11 is 11.7. The van der Waals surface area contributed by atoms with Gasteiger partial charge < -0.3 is 15.2 Å². The van der Waals surface area contributed by atoms with Crippen molar-refractivity contribution >= 4 is 39.8 Å². The molecule has 2 heterocycles. The summed E-state index contributed by atoms with van der Waals surface area (Å²) in [6.45, 7) is 3.68. The molecule has 0 aliphatic rings. The van der Waals surface area contributed by atoms with Crippen LogP contribution in [0.3, 0.4) is 0 Å². The summed E-state index contributed by atoms with van der Waals surface area (Å²) in [5.41, 5.74) is 4.77. The third-order valence-electron chi connectivity index (χ3n) is 4.34. The predicted molar refractivity (Wildman–Crippen MR) is 108 cm³/mol. The van der Waals surface area contributed by atoms with Gasteiger partial charge in [0.2, 0.25) is 0 Å². The number of nitrogens with one attached hydrogen (secondary N) is 2. The Morgan fingerprint density at radius 1 is 1.28 bits per heavy atom. The fraction of sp³-hybridized carbons (Fsp3) is 0.263. The lowest BCUT2D eigenvalue weighted by molar-refractivity contribution is 0.413. The Balaban J connectivity index is 1.80. The second-order valence-corrected chi connectivity index (χ2v) is 6.82. The maximum Gasteiger partial charge on any atom is 0.168 e. The van der Waals surface area contributed by atoms with E-state index in [2.05, 4.69) is 27.1 Å². The van der Waals surface area contributed by atoms with Crippen LogP contribution in [0.25, 0.3) is 10.9 Å². The summed E-state index contributed by atoms with van der Waals surface area (Å²) < 4.78 is 0. The normalized spacial score (nSPS) is 10.8. The van der Waals surface area contributed by atoms with Crippen LogP contribution in [-0.2, 0) is 13.0 Å². The molecule has 0 radical (unpaired) electrons. The van der Waals surface area contributed by atoms with Crippen molar-refractivity contribution < 1.29 is 0 Å². The second kappa shape index (κ2) is 7.85. The third-order valence-corrected chi connectivity index (χ3v) is 5.03. The van der Waals surface area contributed by atoms with E-state index in [1.54, 1.807) is 0 Å². The Morgan fingerprint density at radius 3 is 2.76 bits per heavy atom. The molecule has 0 saturated carbocycles. The van der Waals surface area contributed by atoms with E-state index in [1.165, 1.54) is 22.2 Å². The highest BCUT2D eigenvalue weighted by Gasteiger charge is 2.13. The van der Waals surface area contributed by atoms with Crippen LogP contribution in [0.4, 0.5) is 0 Å². The van der Waals surface area contributed by atoms with Crippen LogP contribution < -0.4 is 5.32 Å². The fourth-order valence-corrected chi connectivity index (χ4v) is 3.37. The van der Waals surface area contributed by atoms with Gasteiger partial charge in [0.05, 0.1) is 0 Å². The highest BCUT2D eigenvalue weighted by molar-refractivity contribution is 7.80. The molecule has 4 nitrogen and oxygen atoms in total. The van der Waals surface area contributed by atoms with Crippen LogP contribution in [0.5, 0.6) is 0 Å². The monoisotopic (exact) mass is 372 g/mol. The SMILES string of the molecule is CNC(=S)N(CCc1c(C)[nH]c2ccc(Cl)cc12)Cc1ccncc1. The van der Waals surface area contributed by atoms with Gasteiger partial charge in [-0.3, -0.25) is 4.98 Å². The minimum Gasteiger partial charge on any atom is -0.366 e. The third kappa shape index (κ3) is 4.11. The number of H-pyrrole nitrogens is 1. The smallest absolute Gasteiger partial charge is 0.168 e. The van der Waals surface area contributed by atoms with Crippen molar-refractivity contribution in [3.05, 3.63) is 64.6 Å². The average molecular weight is 373 g/mol. The molecule has 2 aromatic heterocycles. The number of benzene rings is 1. The minimum absolute atomic E-state index is 0.743. The minimum atomic E-state index is 0.743. The van der Waals surface area contributed by atoms with E-state index in [-0.39, 0.29) is 0 Å². The fourth-order valence-electron chi connectivity index (χ4n) is 3.04. The Morgan fingerprint density at radius 2 is 2.04 bits per heavy atom. The molecule has 2 N–H and O–H groups in total. The second-order valence-electron chi connectivity index (χ2n) is 6.00. The first-order valence-electron chi connectivity index (χ1n) is 8.20. The Hall–Kier alpha value is -2.11. The predicted octanol–water partition coefficient (Wildman–Crippen LogP) is 4.07.